The third-order valence-electron chi connectivity index (χ3n) is 4.05. The molecule has 0 saturated heterocycles. The Bertz CT molecular complexity index is 634. The van der Waals surface area contributed by atoms with E-state index in [1.165, 1.54) is 23.6 Å². The SMILES string of the molecule is CCCCC(C)(C)c1nccc2cc3c(cc12)OCO3. The Morgan fingerprint density at radius 3 is 2.70 bits per heavy atom. The number of unbranched alkanes of at least 4 members (excludes halogenated alkanes) is 1. The molecule has 0 aliphatic carbocycles. The van der Waals surface area contributed by atoms with E-state index < -0.39 is 0 Å². The summed E-state index contributed by atoms with van der Waals surface area (Å²) < 4.78 is 11.0. The number of hydrogen-bond donors (Lipinski definition) is 0. The zero-order chi connectivity index (χ0) is 14.2. The molecule has 1 aromatic heterocycles. The fourth-order valence-electron chi connectivity index (χ4n) is 2.84. The molecule has 1 aliphatic rings. The van der Waals surface area contributed by atoms with Gasteiger partial charge in [0.2, 0.25) is 6.79 Å². The maximum absolute atomic E-state index is 5.51. The lowest BCUT2D eigenvalue weighted by Gasteiger charge is -2.25. The van der Waals surface area contributed by atoms with Crippen LogP contribution < -0.4 is 9.47 Å². The predicted octanol–water partition coefficient (Wildman–Crippen LogP) is 4.43. The van der Waals surface area contributed by atoms with Crippen LogP contribution in [0.4, 0.5) is 0 Å². The number of hydrogen-bond acceptors (Lipinski definition) is 3. The molecule has 0 amide bonds. The lowest BCUT2D eigenvalue weighted by atomic mass is 9.81. The molecule has 0 radical (unpaired) electrons. The van der Waals surface area contributed by atoms with E-state index in [-0.39, 0.29) is 5.41 Å². The van der Waals surface area contributed by atoms with Crippen LogP contribution in [0, 0.1) is 0 Å². The molecule has 3 heteroatoms. The Labute approximate surface area is 119 Å². The van der Waals surface area contributed by atoms with E-state index in [1.807, 2.05) is 12.3 Å². The summed E-state index contributed by atoms with van der Waals surface area (Å²) in [6.07, 6.45) is 5.47. The third-order valence-corrected chi connectivity index (χ3v) is 4.05. The molecule has 0 atom stereocenters. The molecule has 0 fully saturated rings. The number of pyridine rings is 1. The van der Waals surface area contributed by atoms with Gasteiger partial charge in [-0.3, -0.25) is 4.98 Å². The Balaban J connectivity index is 2.11. The van der Waals surface area contributed by atoms with Gasteiger partial charge in [0.05, 0.1) is 5.69 Å². The van der Waals surface area contributed by atoms with E-state index in [0.717, 1.165) is 23.6 Å². The van der Waals surface area contributed by atoms with E-state index >= 15 is 0 Å². The standard InChI is InChI=1S/C17H21NO2/c1-4-5-7-17(2,3)16-13-10-15-14(19-11-20-15)9-12(13)6-8-18-16/h6,8-10H,4-5,7,11H2,1-3H3. The molecule has 106 valence electrons. The molecule has 2 heterocycles. The topological polar surface area (TPSA) is 31.4 Å². The molecule has 0 N–H and O–H groups in total. The molecule has 3 nitrogen and oxygen atoms in total. The van der Waals surface area contributed by atoms with Crippen LogP contribution in [-0.4, -0.2) is 11.8 Å². The number of rotatable bonds is 4. The smallest absolute Gasteiger partial charge is 0.231 e. The lowest BCUT2D eigenvalue weighted by molar-refractivity contribution is 0.174. The van der Waals surface area contributed by atoms with Gasteiger partial charge in [0.1, 0.15) is 0 Å². The summed E-state index contributed by atoms with van der Waals surface area (Å²) >= 11 is 0. The second-order valence-corrected chi connectivity index (χ2v) is 6.07. The summed E-state index contributed by atoms with van der Waals surface area (Å²) in [5.74, 6) is 1.67. The number of aromatic nitrogens is 1. The minimum absolute atomic E-state index is 0.0726. The van der Waals surface area contributed by atoms with Gasteiger partial charge in [-0.15, -0.1) is 0 Å². The average molecular weight is 271 g/mol. The lowest BCUT2D eigenvalue weighted by Crippen LogP contribution is -2.19. The van der Waals surface area contributed by atoms with Crippen molar-refractivity contribution >= 4 is 10.8 Å². The Kier molecular flexibility index (Phi) is 3.28. The van der Waals surface area contributed by atoms with Crippen molar-refractivity contribution < 1.29 is 9.47 Å². The number of fused-ring (bicyclic) bond motifs is 2. The molecule has 20 heavy (non-hydrogen) atoms. The van der Waals surface area contributed by atoms with E-state index in [1.54, 1.807) is 0 Å². The second kappa shape index (κ2) is 4.97. The van der Waals surface area contributed by atoms with Crippen molar-refractivity contribution in [2.45, 2.75) is 45.4 Å². The fourth-order valence-corrected chi connectivity index (χ4v) is 2.84. The zero-order valence-electron chi connectivity index (χ0n) is 12.4. The van der Waals surface area contributed by atoms with Gasteiger partial charge in [0.15, 0.2) is 11.5 Å². The summed E-state index contributed by atoms with van der Waals surface area (Å²) in [5.41, 5.74) is 1.23. The molecular formula is C17H21NO2. The minimum Gasteiger partial charge on any atom is -0.454 e. The highest BCUT2D eigenvalue weighted by atomic mass is 16.7. The first-order chi connectivity index (χ1) is 9.62. The van der Waals surface area contributed by atoms with Crippen LogP contribution in [-0.2, 0) is 5.41 Å². The maximum atomic E-state index is 5.51. The normalized spacial score (nSPS) is 13.9. The quantitative estimate of drug-likeness (QED) is 0.824. The van der Waals surface area contributed by atoms with Crippen LogP contribution in [0.25, 0.3) is 10.8 Å². The van der Waals surface area contributed by atoms with Gasteiger partial charge >= 0.3 is 0 Å². The fraction of sp³-hybridized carbons (Fsp3) is 0.471. The van der Waals surface area contributed by atoms with Gasteiger partial charge in [-0.05, 0) is 30.0 Å². The van der Waals surface area contributed by atoms with Crippen LogP contribution in [0.15, 0.2) is 24.4 Å². The first-order valence-corrected chi connectivity index (χ1v) is 7.30. The van der Waals surface area contributed by atoms with Gasteiger partial charge in [-0.1, -0.05) is 33.6 Å². The summed E-state index contributed by atoms with van der Waals surface area (Å²) in [5, 5.41) is 2.35. The zero-order valence-corrected chi connectivity index (χ0v) is 12.4. The number of ether oxygens (including phenoxy) is 2. The summed E-state index contributed by atoms with van der Waals surface area (Å²) in [7, 11) is 0. The average Bonchev–Trinajstić information content (AvgIpc) is 2.89. The van der Waals surface area contributed by atoms with Crippen molar-refractivity contribution in [1.82, 2.24) is 4.98 Å². The highest BCUT2D eigenvalue weighted by Gasteiger charge is 2.25. The van der Waals surface area contributed by atoms with E-state index in [9.17, 15) is 0 Å². The Hall–Kier alpha value is -1.77. The number of benzene rings is 1. The van der Waals surface area contributed by atoms with Gasteiger partial charge in [0, 0.05) is 17.0 Å². The molecule has 0 spiro atoms. The van der Waals surface area contributed by atoms with Crippen molar-refractivity contribution in [1.29, 1.82) is 0 Å². The summed E-state index contributed by atoms with van der Waals surface area (Å²) in [6, 6.07) is 6.17. The van der Waals surface area contributed by atoms with Crippen molar-refractivity contribution in [2.75, 3.05) is 6.79 Å². The predicted molar refractivity (Wildman–Crippen MR) is 80.4 cm³/mol. The van der Waals surface area contributed by atoms with Crippen molar-refractivity contribution in [3.05, 3.63) is 30.1 Å². The molecule has 3 rings (SSSR count). The monoisotopic (exact) mass is 271 g/mol. The van der Waals surface area contributed by atoms with Gasteiger partial charge < -0.3 is 9.47 Å². The van der Waals surface area contributed by atoms with Gasteiger partial charge in [0.25, 0.3) is 0 Å². The van der Waals surface area contributed by atoms with E-state index in [2.05, 4.69) is 37.9 Å². The van der Waals surface area contributed by atoms with E-state index in [4.69, 9.17) is 9.47 Å². The van der Waals surface area contributed by atoms with Crippen LogP contribution in [0.1, 0.15) is 45.7 Å². The first kappa shape index (κ1) is 13.2. The molecule has 2 aromatic rings. The molecule has 0 saturated carbocycles. The second-order valence-electron chi connectivity index (χ2n) is 6.07. The van der Waals surface area contributed by atoms with Crippen LogP contribution >= 0.6 is 0 Å². The molecule has 1 aromatic carbocycles. The molecule has 1 aliphatic heterocycles. The maximum Gasteiger partial charge on any atom is 0.231 e. The van der Waals surface area contributed by atoms with Crippen molar-refractivity contribution in [3.63, 3.8) is 0 Å². The highest BCUT2D eigenvalue weighted by molar-refractivity contribution is 5.88. The van der Waals surface area contributed by atoms with Gasteiger partial charge in [-0.2, -0.15) is 0 Å². The Morgan fingerprint density at radius 1 is 1.20 bits per heavy atom. The Morgan fingerprint density at radius 2 is 1.95 bits per heavy atom. The summed E-state index contributed by atoms with van der Waals surface area (Å²) in [4.78, 5) is 4.66. The third kappa shape index (κ3) is 2.21. The first-order valence-electron chi connectivity index (χ1n) is 7.30. The molecule has 0 unspecified atom stereocenters. The molecule has 0 bridgehead atoms. The minimum atomic E-state index is 0.0726. The largest absolute Gasteiger partial charge is 0.454 e. The van der Waals surface area contributed by atoms with E-state index in [0.29, 0.717) is 6.79 Å². The number of nitrogens with zero attached hydrogens (tertiary/aromatic N) is 1. The van der Waals surface area contributed by atoms with Gasteiger partial charge in [-0.25, -0.2) is 0 Å². The summed E-state index contributed by atoms with van der Waals surface area (Å²) in [6.45, 7) is 7.09. The molecular weight excluding hydrogens is 250 g/mol. The highest BCUT2D eigenvalue weighted by Crippen LogP contribution is 2.40. The van der Waals surface area contributed by atoms with Crippen molar-refractivity contribution in [2.24, 2.45) is 0 Å². The van der Waals surface area contributed by atoms with Crippen LogP contribution in [0.5, 0.6) is 11.5 Å². The van der Waals surface area contributed by atoms with Crippen LogP contribution in [0.3, 0.4) is 0 Å². The van der Waals surface area contributed by atoms with Crippen LogP contribution in [0.2, 0.25) is 0 Å². The van der Waals surface area contributed by atoms with Crippen molar-refractivity contribution in [3.8, 4) is 11.5 Å².